The van der Waals surface area contributed by atoms with Crippen LogP contribution in [-0.4, -0.2) is 9.78 Å². The zero-order valence-electron chi connectivity index (χ0n) is 9.75. The molecule has 3 rings (SSSR count). The van der Waals surface area contributed by atoms with Gasteiger partial charge in [-0.1, -0.05) is 18.2 Å². The Bertz CT molecular complexity index is 729. The van der Waals surface area contributed by atoms with Crippen molar-refractivity contribution in [3.05, 3.63) is 63.7 Å². The van der Waals surface area contributed by atoms with E-state index in [9.17, 15) is 9.18 Å². The van der Waals surface area contributed by atoms with E-state index in [-0.39, 0.29) is 12.4 Å². The summed E-state index contributed by atoms with van der Waals surface area (Å²) in [5.41, 5.74) is 0.787. The van der Waals surface area contributed by atoms with Crippen LogP contribution in [0.1, 0.15) is 5.56 Å². The van der Waals surface area contributed by atoms with Gasteiger partial charge in [0.1, 0.15) is 5.82 Å². The van der Waals surface area contributed by atoms with Gasteiger partial charge in [-0.15, -0.1) is 16.4 Å². The molecule has 2 aromatic heterocycles. The summed E-state index contributed by atoms with van der Waals surface area (Å²) in [4.78, 5) is 12.5. The minimum absolute atomic E-state index is 0.258. The summed E-state index contributed by atoms with van der Waals surface area (Å²) in [6.07, 6.45) is 0. The predicted octanol–water partition coefficient (Wildman–Crippen LogP) is 2.75. The molecule has 0 unspecified atom stereocenters. The average molecular weight is 276 g/mol. The average Bonchev–Trinajstić information content (AvgIpc) is 3.03. The van der Waals surface area contributed by atoms with Gasteiger partial charge in [0.05, 0.1) is 11.4 Å². The number of rotatable bonds is 3. The van der Waals surface area contributed by atoms with Crippen LogP contribution in [-0.2, 0) is 6.54 Å². The van der Waals surface area contributed by atoms with Crippen molar-refractivity contribution < 1.29 is 8.81 Å². The minimum atomic E-state index is -0.521. The first-order chi connectivity index (χ1) is 9.22. The summed E-state index contributed by atoms with van der Waals surface area (Å²) < 4.78 is 19.1. The Morgan fingerprint density at radius 1 is 1.26 bits per heavy atom. The van der Waals surface area contributed by atoms with Crippen LogP contribution in [0.2, 0.25) is 0 Å². The molecule has 0 amide bonds. The lowest BCUT2D eigenvalue weighted by Gasteiger charge is -1.98. The highest BCUT2D eigenvalue weighted by Gasteiger charge is 2.11. The highest BCUT2D eigenvalue weighted by Crippen LogP contribution is 2.21. The van der Waals surface area contributed by atoms with Gasteiger partial charge >= 0.3 is 5.76 Å². The van der Waals surface area contributed by atoms with Crippen LogP contribution >= 0.6 is 11.3 Å². The summed E-state index contributed by atoms with van der Waals surface area (Å²) in [5.74, 6) is -0.523. The number of thiophene rings is 1. The van der Waals surface area contributed by atoms with E-state index < -0.39 is 5.76 Å². The van der Waals surface area contributed by atoms with Crippen LogP contribution in [0.5, 0.6) is 0 Å². The molecular formula is C13H9FN2O2S. The van der Waals surface area contributed by atoms with Crippen LogP contribution < -0.4 is 5.76 Å². The fourth-order valence-electron chi connectivity index (χ4n) is 1.67. The van der Waals surface area contributed by atoms with Crippen molar-refractivity contribution in [2.45, 2.75) is 6.54 Å². The lowest BCUT2D eigenvalue weighted by molar-refractivity contribution is 0.495. The molecule has 3 aromatic rings. The molecule has 1 aromatic carbocycles. The molecule has 0 aliphatic carbocycles. The van der Waals surface area contributed by atoms with Crippen LogP contribution in [0.4, 0.5) is 4.39 Å². The van der Waals surface area contributed by atoms with Gasteiger partial charge in [0.15, 0.2) is 0 Å². The number of aromatic nitrogens is 2. The summed E-state index contributed by atoms with van der Waals surface area (Å²) >= 11 is 1.45. The highest BCUT2D eigenvalue weighted by molar-refractivity contribution is 7.13. The molecule has 0 bridgehead atoms. The Morgan fingerprint density at radius 2 is 2.05 bits per heavy atom. The Kier molecular flexibility index (Phi) is 3.00. The van der Waals surface area contributed by atoms with E-state index in [0.717, 1.165) is 10.4 Å². The maximum atomic E-state index is 12.8. The molecule has 96 valence electrons. The Labute approximate surface area is 111 Å². The summed E-state index contributed by atoms with van der Waals surface area (Å²) in [5, 5.41) is 6.01. The first kappa shape index (κ1) is 11.9. The third-order valence-electron chi connectivity index (χ3n) is 2.58. The third kappa shape index (κ3) is 2.48. The molecule has 0 saturated carbocycles. The van der Waals surface area contributed by atoms with Gasteiger partial charge < -0.3 is 4.42 Å². The van der Waals surface area contributed by atoms with Gasteiger partial charge in [-0.05, 0) is 29.1 Å². The van der Waals surface area contributed by atoms with Crippen molar-refractivity contribution >= 4 is 11.3 Å². The van der Waals surface area contributed by atoms with Crippen molar-refractivity contribution in [1.82, 2.24) is 9.78 Å². The lowest BCUT2D eigenvalue weighted by atomic mass is 10.2. The van der Waals surface area contributed by atoms with Crippen molar-refractivity contribution in [1.29, 1.82) is 0 Å². The van der Waals surface area contributed by atoms with Crippen molar-refractivity contribution in [3.8, 4) is 10.8 Å². The predicted molar refractivity (Wildman–Crippen MR) is 69.6 cm³/mol. The minimum Gasteiger partial charge on any atom is -0.387 e. The molecular weight excluding hydrogens is 267 g/mol. The van der Waals surface area contributed by atoms with Crippen LogP contribution in [0.3, 0.4) is 0 Å². The zero-order valence-corrected chi connectivity index (χ0v) is 10.6. The number of halogens is 1. The van der Waals surface area contributed by atoms with Crippen LogP contribution in [0, 0.1) is 5.82 Å². The normalized spacial score (nSPS) is 10.8. The molecule has 0 aliphatic rings. The standard InChI is InChI=1S/C13H9FN2O2S/c14-10-5-3-9(4-6-10)8-16-13(17)18-12(15-16)11-2-1-7-19-11/h1-7H,8H2. The van der Waals surface area contributed by atoms with Gasteiger partial charge in [0.25, 0.3) is 5.89 Å². The second kappa shape index (κ2) is 4.81. The monoisotopic (exact) mass is 276 g/mol. The van der Waals surface area contributed by atoms with Crippen molar-refractivity contribution in [2.24, 2.45) is 0 Å². The first-order valence-electron chi connectivity index (χ1n) is 5.58. The Morgan fingerprint density at radius 3 is 2.74 bits per heavy atom. The molecule has 0 atom stereocenters. The van der Waals surface area contributed by atoms with E-state index in [4.69, 9.17) is 4.42 Å². The van der Waals surface area contributed by atoms with Gasteiger partial charge in [-0.2, -0.15) is 4.68 Å². The van der Waals surface area contributed by atoms with E-state index in [2.05, 4.69) is 5.10 Å². The van der Waals surface area contributed by atoms with E-state index in [0.29, 0.717) is 5.89 Å². The fourth-order valence-corrected chi connectivity index (χ4v) is 2.31. The Balaban J connectivity index is 1.90. The fraction of sp³-hybridized carbons (Fsp3) is 0.0769. The molecule has 6 heteroatoms. The lowest BCUT2D eigenvalue weighted by Crippen LogP contribution is -2.16. The van der Waals surface area contributed by atoms with Crippen LogP contribution in [0.25, 0.3) is 10.8 Å². The quantitative estimate of drug-likeness (QED) is 0.739. The SMILES string of the molecule is O=c1oc(-c2cccs2)nn1Cc1ccc(F)cc1. The Hall–Kier alpha value is -2.21. The molecule has 0 spiro atoms. The zero-order chi connectivity index (χ0) is 13.2. The van der Waals surface area contributed by atoms with Crippen LogP contribution in [0.15, 0.2) is 51.0 Å². The molecule has 0 radical (unpaired) electrons. The highest BCUT2D eigenvalue weighted by atomic mass is 32.1. The molecule has 4 nitrogen and oxygen atoms in total. The second-order valence-electron chi connectivity index (χ2n) is 3.93. The topological polar surface area (TPSA) is 48.0 Å². The van der Waals surface area contributed by atoms with E-state index in [1.54, 1.807) is 12.1 Å². The van der Waals surface area contributed by atoms with Crippen molar-refractivity contribution in [3.63, 3.8) is 0 Å². The maximum Gasteiger partial charge on any atom is 0.437 e. The molecule has 0 fully saturated rings. The van der Waals surface area contributed by atoms with Gasteiger partial charge in [-0.25, -0.2) is 9.18 Å². The molecule has 0 aliphatic heterocycles. The van der Waals surface area contributed by atoms with E-state index in [1.807, 2.05) is 17.5 Å². The summed E-state index contributed by atoms with van der Waals surface area (Å²) in [7, 11) is 0. The molecule has 0 saturated heterocycles. The summed E-state index contributed by atoms with van der Waals surface area (Å²) in [6.45, 7) is 0.258. The number of nitrogens with zero attached hydrogens (tertiary/aromatic N) is 2. The maximum absolute atomic E-state index is 12.8. The first-order valence-corrected chi connectivity index (χ1v) is 6.46. The van der Waals surface area contributed by atoms with E-state index >= 15 is 0 Å². The number of hydrogen-bond donors (Lipinski definition) is 0. The molecule has 2 heterocycles. The van der Waals surface area contributed by atoms with E-state index in [1.165, 1.54) is 28.2 Å². The smallest absolute Gasteiger partial charge is 0.387 e. The second-order valence-corrected chi connectivity index (χ2v) is 4.88. The largest absolute Gasteiger partial charge is 0.437 e. The summed E-state index contributed by atoms with van der Waals surface area (Å²) in [6, 6.07) is 9.61. The molecule has 0 N–H and O–H groups in total. The van der Waals surface area contributed by atoms with Gasteiger partial charge in [0.2, 0.25) is 0 Å². The van der Waals surface area contributed by atoms with Crippen molar-refractivity contribution in [2.75, 3.05) is 0 Å². The van der Waals surface area contributed by atoms with Gasteiger partial charge in [-0.3, -0.25) is 0 Å². The molecule has 19 heavy (non-hydrogen) atoms. The number of benzene rings is 1. The van der Waals surface area contributed by atoms with Gasteiger partial charge in [0, 0.05) is 0 Å². The number of hydrogen-bond acceptors (Lipinski definition) is 4. The third-order valence-corrected chi connectivity index (χ3v) is 3.44.